The number of amides is 1. The zero-order chi connectivity index (χ0) is 41.0. The van der Waals surface area contributed by atoms with Crippen molar-refractivity contribution in [2.75, 3.05) is 40.9 Å². The Morgan fingerprint density at radius 2 is 1.45 bits per heavy atom. The summed E-state index contributed by atoms with van der Waals surface area (Å²) in [5.74, 6) is -0.806. The van der Waals surface area contributed by atoms with Crippen LogP contribution in [-0.4, -0.2) is 96.7 Å². The molecule has 1 unspecified atom stereocenters. The fourth-order valence-electron chi connectivity index (χ4n) is 6.99. The van der Waals surface area contributed by atoms with Crippen LogP contribution in [0.15, 0.2) is 24.3 Å². The van der Waals surface area contributed by atoms with Crippen molar-refractivity contribution in [2.45, 2.75) is 186 Å². The maximum absolute atomic E-state index is 12.9. The van der Waals surface area contributed by atoms with E-state index in [1.165, 1.54) is 57.8 Å². The van der Waals surface area contributed by atoms with Gasteiger partial charge in [-0.2, -0.15) is 0 Å². The van der Waals surface area contributed by atoms with Crippen molar-refractivity contribution in [1.82, 2.24) is 5.32 Å². The number of aliphatic hydroxyl groups excluding tert-OH is 3. The third-order valence-electron chi connectivity index (χ3n) is 10.6. The van der Waals surface area contributed by atoms with Gasteiger partial charge < -0.3 is 39.1 Å². The van der Waals surface area contributed by atoms with Crippen molar-refractivity contribution in [3.05, 3.63) is 24.3 Å². The number of nitrogens with one attached hydrogen (secondary N) is 1. The molecule has 7 atom stereocenters. The van der Waals surface area contributed by atoms with Gasteiger partial charge in [0.05, 0.1) is 52.1 Å². The van der Waals surface area contributed by atoms with Crippen molar-refractivity contribution < 1.29 is 47.9 Å². The second-order valence-electron chi connectivity index (χ2n) is 16.8. The van der Waals surface area contributed by atoms with Gasteiger partial charge in [0.2, 0.25) is 5.91 Å². The van der Waals surface area contributed by atoms with Gasteiger partial charge in [0.1, 0.15) is 18.9 Å². The third kappa shape index (κ3) is 27.0. The molecule has 0 heterocycles. The number of allylic oxidation sites excluding steroid dienone is 1. The Kier molecular flexibility index (Phi) is 28.7. The monoisotopic (exact) mass is 801 g/mol. The third-order valence-corrected chi connectivity index (χ3v) is 11.5. The fourth-order valence-corrected chi connectivity index (χ4v) is 7.71. The van der Waals surface area contributed by atoms with Crippen LogP contribution < -0.4 is 10.2 Å². The highest BCUT2D eigenvalue weighted by Gasteiger charge is 2.39. The second kappa shape index (κ2) is 30.6. The number of likely N-dealkylation sites (N-methyl/N-ethyl adjacent to an activating group) is 1. The van der Waals surface area contributed by atoms with Gasteiger partial charge in [-0.25, -0.2) is 0 Å². The molecule has 1 aliphatic rings. The molecule has 0 bridgehead atoms. The topological polar surface area (TPSA) is 165 Å². The smallest absolute Gasteiger partial charge is 0.268 e. The molecule has 0 radical (unpaired) electrons. The zero-order valence-corrected chi connectivity index (χ0v) is 36.2. The number of hydrogen-bond donors (Lipinski definition) is 4. The molecule has 1 saturated carbocycles. The van der Waals surface area contributed by atoms with Crippen LogP contribution in [0.25, 0.3) is 0 Å². The summed E-state index contributed by atoms with van der Waals surface area (Å²) in [6.07, 6.45) is 26.8. The van der Waals surface area contributed by atoms with Crippen LogP contribution in [0.5, 0.6) is 0 Å². The molecule has 12 heteroatoms. The standard InChI is InChI=1S/C43H81N2O9P/c1-6-8-10-11-12-13-14-15-16-17-18-19-24-28-40(47)39(35-54-55(51,52)53-33-32-45(3,4)5)44-43(50)29-25-21-20-23-27-37-38(42(49)34-41(37)48)31-30-36(46)26-22-9-7-2/h24,28,30-31,36-40,42,46-47,49H,6-23,25-27,29,32-35H2,1-5H3,(H-,44,50,51,52)/b28-24+,31-30+/t36-,37+,38+,39-,40+,42+/m0/s1. The molecule has 1 fully saturated rings. The first-order valence-electron chi connectivity index (χ1n) is 21.8. The number of hydrogen-bond acceptors (Lipinski definition) is 9. The predicted octanol–water partition coefficient (Wildman–Crippen LogP) is 7.70. The van der Waals surface area contributed by atoms with E-state index in [4.69, 9.17) is 9.05 Å². The van der Waals surface area contributed by atoms with E-state index in [0.29, 0.717) is 30.3 Å². The quantitative estimate of drug-likeness (QED) is 0.0218. The SMILES string of the molecule is CCCCCCCCCCCCC/C=C/[C@@H](O)[C@H](COP(=O)([O-])OCC[N+](C)(C)C)NC(=O)CCCCCC[C@H]1C(=O)C[C@@H](O)[C@@H]1/C=C/[C@@H](O)CCCCC. The van der Waals surface area contributed by atoms with Crippen molar-refractivity contribution in [3.63, 3.8) is 0 Å². The van der Waals surface area contributed by atoms with E-state index >= 15 is 0 Å². The molecule has 322 valence electrons. The minimum atomic E-state index is -4.65. The lowest BCUT2D eigenvalue weighted by atomic mass is 9.88. The number of carbonyl (C=O) groups excluding carboxylic acids is 2. The Morgan fingerprint density at radius 3 is 2.09 bits per heavy atom. The first-order valence-corrected chi connectivity index (χ1v) is 23.3. The van der Waals surface area contributed by atoms with Crippen LogP contribution in [0.3, 0.4) is 0 Å². The highest BCUT2D eigenvalue weighted by Crippen LogP contribution is 2.38. The zero-order valence-electron chi connectivity index (χ0n) is 35.3. The maximum Gasteiger partial charge on any atom is 0.268 e. The first kappa shape index (κ1) is 51.6. The number of Topliss-reactive ketones (excluding diaryl/α,β-unsaturated/α-hetero) is 1. The number of unbranched alkanes of at least 4 members (excludes halogenated alkanes) is 16. The molecule has 4 N–H and O–H groups in total. The molecule has 0 aromatic rings. The Bertz CT molecular complexity index is 1110. The molecule has 55 heavy (non-hydrogen) atoms. The number of carbonyl (C=O) groups is 2. The van der Waals surface area contributed by atoms with E-state index in [2.05, 4.69) is 19.2 Å². The Hall–Kier alpha value is -1.43. The van der Waals surface area contributed by atoms with E-state index < -0.39 is 38.8 Å². The van der Waals surface area contributed by atoms with Gasteiger partial charge in [-0.05, 0) is 32.1 Å². The molecular formula is C43H81N2O9P. The number of ketones is 1. The minimum absolute atomic E-state index is 0.0438. The summed E-state index contributed by atoms with van der Waals surface area (Å²) in [6, 6.07) is -0.972. The van der Waals surface area contributed by atoms with Crippen LogP contribution in [0.1, 0.15) is 162 Å². The van der Waals surface area contributed by atoms with E-state index in [-0.39, 0.29) is 43.0 Å². The largest absolute Gasteiger partial charge is 0.756 e. The number of phosphoric ester groups is 1. The Labute approximate surface area is 334 Å². The predicted molar refractivity (Wildman–Crippen MR) is 220 cm³/mol. The molecule has 0 aromatic carbocycles. The van der Waals surface area contributed by atoms with Crippen LogP contribution in [0.4, 0.5) is 0 Å². The Balaban J connectivity index is 2.55. The minimum Gasteiger partial charge on any atom is -0.756 e. The molecule has 0 saturated heterocycles. The summed E-state index contributed by atoms with van der Waals surface area (Å²) in [7, 11) is 1.11. The summed E-state index contributed by atoms with van der Waals surface area (Å²) in [6.45, 7) is 4.32. The van der Waals surface area contributed by atoms with Gasteiger partial charge in [-0.3, -0.25) is 14.2 Å². The van der Waals surface area contributed by atoms with Gasteiger partial charge in [-0.15, -0.1) is 0 Å². The van der Waals surface area contributed by atoms with Gasteiger partial charge >= 0.3 is 0 Å². The maximum atomic E-state index is 12.9. The van der Waals surface area contributed by atoms with Crippen molar-refractivity contribution in [2.24, 2.45) is 11.8 Å². The van der Waals surface area contributed by atoms with Gasteiger partial charge in [0, 0.05) is 24.7 Å². The average Bonchev–Trinajstić information content (AvgIpc) is 3.39. The summed E-state index contributed by atoms with van der Waals surface area (Å²) in [4.78, 5) is 38.0. The number of aliphatic hydroxyl groups is 3. The lowest BCUT2D eigenvalue weighted by molar-refractivity contribution is -0.870. The number of nitrogens with zero attached hydrogens (tertiary/aromatic N) is 1. The van der Waals surface area contributed by atoms with Crippen molar-refractivity contribution in [3.8, 4) is 0 Å². The fraction of sp³-hybridized carbons (Fsp3) is 0.860. The molecule has 1 aliphatic carbocycles. The number of phosphoric acid groups is 1. The van der Waals surface area contributed by atoms with Crippen LogP contribution in [-0.2, 0) is 23.2 Å². The first-order chi connectivity index (χ1) is 26.2. The molecule has 1 rings (SSSR count). The average molecular weight is 801 g/mol. The van der Waals surface area contributed by atoms with Crippen molar-refractivity contribution >= 4 is 19.5 Å². The van der Waals surface area contributed by atoms with E-state index in [1.807, 2.05) is 33.3 Å². The van der Waals surface area contributed by atoms with Gasteiger partial charge in [0.25, 0.3) is 7.82 Å². The van der Waals surface area contributed by atoms with Crippen molar-refractivity contribution in [1.29, 1.82) is 0 Å². The lowest BCUT2D eigenvalue weighted by Gasteiger charge is -2.29. The number of rotatable bonds is 35. The lowest BCUT2D eigenvalue weighted by Crippen LogP contribution is -2.45. The van der Waals surface area contributed by atoms with Gasteiger partial charge in [0.15, 0.2) is 0 Å². The summed E-state index contributed by atoms with van der Waals surface area (Å²) in [5, 5.41) is 34.5. The summed E-state index contributed by atoms with van der Waals surface area (Å²) < 4.78 is 23.1. The van der Waals surface area contributed by atoms with E-state index in [9.17, 15) is 34.4 Å². The molecule has 0 spiro atoms. The summed E-state index contributed by atoms with van der Waals surface area (Å²) >= 11 is 0. The van der Waals surface area contributed by atoms with E-state index in [0.717, 1.165) is 57.8 Å². The molecular weight excluding hydrogens is 719 g/mol. The van der Waals surface area contributed by atoms with Crippen LogP contribution in [0.2, 0.25) is 0 Å². The normalized spacial score (nSPS) is 20.7. The highest BCUT2D eigenvalue weighted by molar-refractivity contribution is 7.45. The van der Waals surface area contributed by atoms with Crippen LogP contribution in [0, 0.1) is 11.8 Å². The molecule has 0 aromatic heterocycles. The molecule has 11 nitrogen and oxygen atoms in total. The highest BCUT2D eigenvalue weighted by atomic mass is 31.2. The van der Waals surface area contributed by atoms with Crippen LogP contribution >= 0.6 is 7.82 Å². The van der Waals surface area contributed by atoms with E-state index in [1.54, 1.807) is 12.2 Å². The number of quaternary nitrogens is 1. The Morgan fingerprint density at radius 1 is 0.873 bits per heavy atom. The van der Waals surface area contributed by atoms with Gasteiger partial charge in [-0.1, -0.05) is 141 Å². The second-order valence-corrected chi connectivity index (χ2v) is 18.2. The summed E-state index contributed by atoms with van der Waals surface area (Å²) in [5.41, 5.74) is 0. The molecule has 1 amide bonds. The molecule has 0 aliphatic heterocycles.